The second-order valence-corrected chi connectivity index (χ2v) is 5.01. The van der Waals surface area contributed by atoms with Crippen molar-refractivity contribution in [2.75, 3.05) is 13.7 Å². The maximum atomic E-state index is 13.5. The largest absolute Gasteiger partial charge is 0.417 e. The SMILES string of the molecule is COC/C(=N\NC=O)c1ccc(-c2cccc(F)c2)c(C(F)(F)F)c1. The second kappa shape index (κ2) is 7.89. The minimum atomic E-state index is -4.66. The van der Waals surface area contributed by atoms with Crippen LogP contribution in [0.3, 0.4) is 0 Å². The van der Waals surface area contributed by atoms with Crippen LogP contribution >= 0.6 is 0 Å². The summed E-state index contributed by atoms with van der Waals surface area (Å²) in [6.07, 6.45) is -4.37. The molecule has 0 unspecified atom stereocenters. The molecule has 2 aromatic carbocycles. The number of hydrogen-bond acceptors (Lipinski definition) is 3. The summed E-state index contributed by atoms with van der Waals surface area (Å²) in [5.41, 5.74) is 1.30. The molecule has 0 aliphatic heterocycles. The smallest absolute Gasteiger partial charge is 0.378 e. The van der Waals surface area contributed by atoms with Crippen molar-refractivity contribution in [3.8, 4) is 11.1 Å². The quantitative estimate of drug-likeness (QED) is 0.373. The minimum absolute atomic E-state index is 0.0998. The Morgan fingerprint density at radius 2 is 2.00 bits per heavy atom. The third-order valence-electron chi connectivity index (χ3n) is 3.33. The van der Waals surface area contributed by atoms with Crippen LogP contribution in [0.15, 0.2) is 47.6 Å². The maximum Gasteiger partial charge on any atom is 0.417 e. The Balaban J connectivity index is 2.59. The van der Waals surface area contributed by atoms with E-state index in [4.69, 9.17) is 4.74 Å². The van der Waals surface area contributed by atoms with Crippen LogP contribution in [-0.2, 0) is 15.7 Å². The van der Waals surface area contributed by atoms with Crippen LogP contribution in [-0.4, -0.2) is 25.8 Å². The number of ether oxygens (including phenoxy) is 1. The van der Waals surface area contributed by atoms with Gasteiger partial charge in [-0.2, -0.15) is 18.3 Å². The fourth-order valence-corrected chi connectivity index (χ4v) is 2.29. The molecule has 132 valence electrons. The number of hydrazone groups is 1. The van der Waals surface area contributed by atoms with E-state index in [1.165, 1.54) is 31.4 Å². The van der Waals surface area contributed by atoms with Crippen LogP contribution in [0.5, 0.6) is 0 Å². The van der Waals surface area contributed by atoms with Crippen molar-refractivity contribution >= 4 is 12.1 Å². The molecule has 0 atom stereocenters. The Bertz CT molecular complexity index is 788. The third-order valence-corrected chi connectivity index (χ3v) is 3.33. The van der Waals surface area contributed by atoms with Crippen molar-refractivity contribution in [1.82, 2.24) is 5.43 Å². The summed E-state index contributed by atoms with van der Waals surface area (Å²) in [6.45, 7) is -0.0998. The second-order valence-electron chi connectivity index (χ2n) is 5.01. The summed E-state index contributed by atoms with van der Waals surface area (Å²) in [7, 11) is 1.35. The van der Waals surface area contributed by atoms with Gasteiger partial charge in [0.1, 0.15) is 5.82 Å². The molecule has 0 fully saturated rings. The van der Waals surface area contributed by atoms with Crippen molar-refractivity contribution in [3.05, 3.63) is 59.4 Å². The molecule has 4 nitrogen and oxygen atoms in total. The van der Waals surface area contributed by atoms with E-state index in [9.17, 15) is 22.4 Å². The van der Waals surface area contributed by atoms with Gasteiger partial charge in [0, 0.05) is 12.7 Å². The average Bonchev–Trinajstić information content (AvgIpc) is 2.57. The number of carbonyl (C=O) groups excluding carboxylic acids is 1. The number of nitrogens with zero attached hydrogens (tertiary/aromatic N) is 1. The molecule has 2 rings (SSSR count). The van der Waals surface area contributed by atoms with Crippen LogP contribution in [0.1, 0.15) is 11.1 Å². The lowest BCUT2D eigenvalue weighted by Gasteiger charge is -2.15. The maximum absolute atomic E-state index is 13.5. The monoisotopic (exact) mass is 354 g/mol. The third kappa shape index (κ3) is 4.63. The molecule has 2 aromatic rings. The van der Waals surface area contributed by atoms with E-state index in [0.29, 0.717) is 6.41 Å². The van der Waals surface area contributed by atoms with Crippen LogP contribution in [0.25, 0.3) is 11.1 Å². The van der Waals surface area contributed by atoms with Crippen LogP contribution < -0.4 is 5.43 Å². The fourth-order valence-electron chi connectivity index (χ4n) is 2.29. The van der Waals surface area contributed by atoms with Crippen molar-refractivity contribution in [2.24, 2.45) is 5.10 Å². The molecule has 0 saturated carbocycles. The van der Waals surface area contributed by atoms with Gasteiger partial charge in [0.2, 0.25) is 6.41 Å². The number of hydrogen-bond donors (Lipinski definition) is 1. The fraction of sp³-hybridized carbons (Fsp3) is 0.176. The van der Waals surface area contributed by atoms with E-state index < -0.39 is 17.6 Å². The van der Waals surface area contributed by atoms with E-state index in [2.05, 4.69) is 5.10 Å². The van der Waals surface area contributed by atoms with Gasteiger partial charge in [-0.3, -0.25) is 4.79 Å². The first-order valence-corrected chi connectivity index (χ1v) is 7.09. The predicted octanol–water partition coefficient (Wildman–Crippen LogP) is 3.61. The Morgan fingerprint density at radius 1 is 1.24 bits per heavy atom. The van der Waals surface area contributed by atoms with Gasteiger partial charge in [-0.1, -0.05) is 24.3 Å². The van der Waals surface area contributed by atoms with Crippen molar-refractivity contribution in [1.29, 1.82) is 0 Å². The van der Waals surface area contributed by atoms with Gasteiger partial charge in [0.15, 0.2) is 0 Å². The molecule has 0 heterocycles. The molecular weight excluding hydrogens is 340 g/mol. The number of carbonyl (C=O) groups is 1. The molecule has 0 spiro atoms. The van der Waals surface area contributed by atoms with Crippen LogP contribution in [0, 0.1) is 5.82 Å². The van der Waals surface area contributed by atoms with Crippen molar-refractivity contribution in [2.45, 2.75) is 6.18 Å². The van der Waals surface area contributed by atoms with Gasteiger partial charge in [-0.25, -0.2) is 9.82 Å². The highest BCUT2D eigenvalue weighted by molar-refractivity contribution is 6.02. The molecule has 1 amide bonds. The molecule has 0 saturated heterocycles. The summed E-state index contributed by atoms with van der Waals surface area (Å²) in [4.78, 5) is 10.4. The average molecular weight is 354 g/mol. The summed E-state index contributed by atoms with van der Waals surface area (Å²) >= 11 is 0. The number of methoxy groups -OCH3 is 1. The van der Waals surface area contributed by atoms with Gasteiger partial charge in [-0.15, -0.1) is 0 Å². The zero-order chi connectivity index (χ0) is 18.4. The number of rotatable bonds is 6. The first-order valence-electron chi connectivity index (χ1n) is 7.09. The lowest BCUT2D eigenvalue weighted by molar-refractivity contribution is -0.137. The van der Waals surface area contributed by atoms with Gasteiger partial charge in [-0.05, 0) is 29.3 Å². The molecule has 1 N–H and O–H groups in total. The first kappa shape index (κ1) is 18.6. The molecule has 0 bridgehead atoms. The molecule has 8 heteroatoms. The van der Waals surface area contributed by atoms with Crippen LogP contribution in [0.2, 0.25) is 0 Å². The van der Waals surface area contributed by atoms with Crippen LogP contribution in [0.4, 0.5) is 17.6 Å². The van der Waals surface area contributed by atoms with Gasteiger partial charge in [0.05, 0.1) is 17.9 Å². The molecule has 0 aliphatic carbocycles. The first-order chi connectivity index (χ1) is 11.9. The van der Waals surface area contributed by atoms with Gasteiger partial charge >= 0.3 is 6.18 Å². The molecular formula is C17H14F4N2O2. The van der Waals surface area contributed by atoms with E-state index in [1.807, 2.05) is 5.43 Å². The number of halogens is 4. The Morgan fingerprint density at radius 3 is 2.60 bits per heavy atom. The van der Waals surface area contributed by atoms with Gasteiger partial charge in [0.25, 0.3) is 0 Å². The zero-order valence-corrected chi connectivity index (χ0v) is 13.1. The molecule has 0 aromatic heterocycles. The Hall–Kier alpha value is -2.74. The zero-order valence-electron chi connectivity index (χ0n) is 13.1. The summed E-state index contributed by atoms with van der Waals surface area (Å²) in [5.74, 6) is -0.633. The number of amides is 1. The summed E-state index contributed by atoms with van der Waals surface area (Å²) in [6, 6.07) is 8.45. The number of benzene rings is 2. The van der Waals surface area contributed by atoms with Gasteiger partial charge < -0.3 is 4.74 Å². The van der Waals surface area contributed by atoms with E-state index in [1.54, 1.807) is 0 Å². The lowest BCUT2D eigenvalue weighted by Crippen LogP contribution is -2.16. The molecule has 25 heavy (non-hydrogen) atoms. The topological polar surface area (TPSA) is 50.7 Å². The van der Waals surface area contributed by atoms with E-state index in [0.717, 1.165) is 18.2 Å². The number of alkyl halides is 3. The van der Waals surface area contributed by atoms with Crippen molar-refractivity contribution in [3.63, 3.8) is 0 Å². The lowest BCUT2D eigenvalue weighted by atomic mass is 9.95. The highest BCUT2D eigenvalue weighted by Crippen LogP contribution is 2.38. The van der Waals surface area contributed by atoms with Crippen molar-refractivity contribution < 1.29 is 27.1 Å². The Labute approximate surface area is 141 Å². The summed E-state index contributed by atoms with van der Waals surface area (Å²) in [5, 5.41) is 3.69. The number of nitrogens with one attached hydrogen (secondary N) is 1. The molecule has 0 aliphatic rings. The highest BCUT2D eigenvalue weighted by atomic mass is 19.4. The predicted molar refractivity (Wildman–Crippen MR) is 84.5 cm³/mol. The van der Waals surface area contributed by atoms with E-state index >= 15 is 0 Å². The standard InChI is InChI=1S/C17H14F4N2O2/c1-25-9-16(23-22-10-24)12-5-6-14(15(8-12)17(19,20)21)11-3-2-4-13(18)7-11/h2-8,10H,9H2,1H3,(H,22,24)/b23-16+. The Kier molecular flexibility index (Phi) is 5.87. The minimum Gasteiger partial charge on any atom is -0.378 e. The van der Waals surface area contributed by atoms with E-state index in [-0.39, 0.29) is 29.0 Å². The normalized spacial score (nSPS) is 12.1. The molecule has 0 radical (unpaired) electrons. The summed E-state index contributed by atoms with van der Waals surface area (Å²) < 4.78 is 58.7. The highest BCUT2D eigenvalue weighted by Gasteiger charge is 2.34.